The summed E-state index contributed by atoms with van der Waals surface area (Å²) in [5.74, 6) is 0. The van der Waals surface area contributed by atoms with E-state index in [9.17, 15) is 0 Å². The molecule has 0 aliphatic carbocycles. The van der Waals surface area contributed by atoms with Gasteiger partial charge in [-0.15, -0.1) is 0 Å². The Bertz CT molecular complexity index is 342. The molecule has 1 fully saturated rings. The molecule has 1 N–H and O–H groups in total. The third kappa shape index (κ3) is 3.51. The highest BCUT2D eigenvalue weighted by Crippen LogP contribution is 2.22. The van der Waals surface area contributed by atoms with Crippen LogP contribution in [-0.2, 0) is 6.54 Å². The first-order chi connectivity index (χ1) is 8.05. The van der Waals surface area contributed by atoms with Gasteiger partial charge in [0.25, 0.3) is 0 Å². The van der Waals surface area contributed by atoms with Crippen LogP contribution in [0.15, 0.2) is 24.4 Å². The van der Waals surface area contributed by atoms with Gasteiger partial charge in [-0.1, -0.05) is 26.8 Å². The molecule has 0 radical (unpaired) electrons. The van der Waals surface area contributed by atoms with Gasteiger partial charge in [0.05, 0.1) is 5.69 Å². The normalized spacial score (nSPS) is 22.6. The van der Waals surface area contributed by atoms with Crippen LogP contribution >= 0.6 is 0 Å². The first kappa shape index (κ1) is 12.5. The van der Waals surface area contributed by atoms with Gasteiger partial charge in [0.2, 0.25) is 0 Å². The Balaban J connectivity index is 1.94. The second kappa shape index (κ2) is 5.15. The molecule has 17 heavy (non-hydrogen) atoms. The van der Waals surface area contributed by atoms with Crippen molar-refractivity contribution in [2.45, 2.75) is 33.4 Å². The molecule has 1 saturated heterocycles. The zero-order valence-corrected chi connectivity index (χ0v) is 11.1. The van der Waals surface area contributed by atoms with E-state index in [1.165, 1.54) is 5.69 Å². The molecular weight excluding hydrogens is 210 g/mol. The van der Waals surface area contributed by atoms with Crippen LogP contribution in [-0.4, -0.2) is 35.6 Å². The number of rotatable bonds is 2. The van der Waals surface area contributed by atoms with Crippen LogP contribution in [0.2, 0.25) is 0 Å². The minimum Gasteiger partial charge on any atom is -0.311 e. The monoisotopic (exact) mass is 233 g/mol. The number of nitrogens with zero attached hydrogens (tertiary/aromatic N) is 2. The van der Waals surface area contributed by atoms with Gasteiger partial charge in [-0.25, -0.2) is 0 Å². The van der Waals surface area contributed by atoms with Gasteiger partial charge in [0, 0.05) is 38.4 Å². The van der Waals surface area contributed by atoms with Crippen LogP contribution in [0, 0.1) is 5.41 Å². The molecule has 1 aromatic rings. The summed E-state index contributed by atoms with van der Waals surface area (Å²) in [6, 6.07) is 6.71. The molecule has 0 aromatic carbocycles. The van der Waals surface area contributed by atoms with Crippen molar-refractivity contribution in [1.82, 2.24) is 15.2 Å². The van der Waals surface area contributed by atoms with E-state index in [4.69, 9.17) is 0 Å². The number of hydrogen-bond acceptors (Lipinski definition) is 3. The molecule has 1 aliphatic rings. The van der Waals surface area contributed by atoms with Gasteiger partial charge in [-0.05, 0) is 17.5 Å². The van der Waals surface area contributed by atoms with Crippen LogP contribution in [0.5, 0.6) is 0 Å². The van der Waals surface area contributed by atoms with E-state index < -0.39 is 0 Å². The largest absolute Gasteiger partial charge is 0.311 e. The smallest absolute Gasteiger partial charge is 0.0543 e. The lowest BCUT2D eigenvalue weighted by Crippen LogP contribution is -2.55. The molecule has 1 unspecified atom stereocenters. The van der Waals surface area contributed by atoms with Crippen molar-refractivity contribution in [3.05, 3.63) is 30.1 Å². The molecule has 3 heteroatoms. The number of nitrogens with one attached hydrogen (secondary N) is 1. The zero-order valence-electron chi connectivity index (χ0n) is 11.1. The molecule has 2 heterocycles. The summed E-state index contributed by atoms with van der Waals surface area (Å²) in [5, 5.41) is 3.61. The van der Waals surface area contributed by atoms with E-state index in [0.717, 1.165) is 26.2 Å². The predicted octanol–water partition coefficient (Wildman–Crippen LogP) is 1.90. The topological polar surface area (TPSA) is 28.2 Å². The van der Waals surface area contributed by atoms with Crippen molar-refractivity contribution in [3.8, 4) is 0 Å². The van der Waals surface area contributed by atoms with E-state index in [-0.39, 0.29) is 0 Å². The molecular formula is C14H23N3. The Morgan fingerprint density at radius 3 is 2.88 bits per heavy atom. The molecule has 1 aromatic heterocycles. The fraction of sp³-hybridized carbons (Fsp3) is 0.643. The molecule has 1 atom stereocenters. The van der Waals surface area contributed by atoms with Gasteiger partial charge in [0.15, 0.2) is 0 Å². The number of hydrogen-bond donors (Lipinski definition) is 1. The molecule has 2 rings (SSSR count). The maximum atomic E-state index is 4.40. The summed E-state index contributed by atoms with van der Waals surface area (Å²) >= 11 is 0. The minimum atomic E-state index is 0.322. The quantitative estimate of drug-likeness (QED) is 0.845. The Kier molecular flexibility index (Phi) is 3.79. The van der Waals surface area contributed by atoms with Crippen molar-refractivity contribution < 1.29 is 0 Å². The van der Waals surface area contributed by atoms with Gasteiger partial charge in [-0.3, -0.25) is 9.88 Å². The fourth-order valence-corrected chi connectivity index (χ4v) is 2.26. The van der Waals surface area contributed by atoms with E-state index in [1.807, 2.05) is 12.3 Å². The van der Waals surface area contributed by atoms with Crippen LogP contribution in [0.25, 0.3) is 0 Å². The highest BCUT2D eigenvalue weighted by molar-refractivity contribution is 5.04. The molecule has 0 amide bonds. The average molecular weight is 233 g/mol. The molecule has 94 valence electrons. The minimum absolute atomic E-state index is 0.322. The van der Waals surface area contributed by atoms with Crippen LogP contribution < -0.4 is 5.32 Å². The van der Waals surface area contributed by atoms with E-state index in [0.29, 0.717) is 11.5 Å². The first-order valence-electron chi connectivity index (χ1n) is 6.41. The molecule has 1 aliphatic heterocycles. The van der Waals surface area contributed by atoms with E-state index >= 15 is 0 Å². The average Bonchev–Trinajstić information content (AvgIpc) is 2.29. The van der Waals surface area contributed by atoms with E-state index in [1.54, 1.807) is 0 Å². The molecule has 0 bridgehead atoms. The van der Waals surface area contributed by atoms with Crippen LogP contribution in [0.1, 0.15) is 26.5 Å². The SMILES string of the molecule is CC(C)(C)C1CN(Cc2ccccn2)CCN1. The summed E-state index contributed by atoms with van der Waals surface area (Å²) < 4.78 is 0. The number of aromatic nitrogens is 1. The second-order valence-electron chi connectivity index (χ2n) is 5.93. The highest BCUT2D eigenvalue weighted by Gasteiger charge is 2.29. The maximum Gasteiger partial charge on any atom is 0.0543 e. The summed E-state index contributed by atoms with van der Waals surface area (Å²) in [5.41, 5.74) is 1.49. The highest BCUT2D eigenvalue weighted by atomic mass is 15.2. The standard InChI is InChI=1S/C14H23N3/c1-14(2,3)13-11-17(9-8-16-13)10-12-6-4-5-7-15-12/h4-7,13,16H,8-11H2,1-3H3. The van der Waals surface area contributed by atoms with Gasteiger partial charge in [-0.2, -0.15) is 0 Å². The number of pyridine rings is 1. The van der Waals surface area contributed by atoms with Crippen LogP contribution in [0.3, 0.4) is 0 Å². The Morgan fingerprint density at radius 2 is 2.24 bits per heavy atom. The third-order valence-corrected chi connectivity index (χ3v) is 3.42. The predicted molar refractivity (Wildman–Crippen MR) is 70.8 cm³/mol. The van der Waals surface area contributed by atoms with Crippen molar-refractivity contribution in [3.63, 3.8) is 0 Å². The Labute approximate surface area is 104 Å². The summed E-state index contributed by atoms with van der Waals surface area (Å²) in [7, 11) is 0. The lowest BCUT2D eigenvalue weighted by Gasteiger charge is -2.40. The van der Waals surface area contributed by atoms with Gasteiger partial charge in [0.1, 0.15) is 0 Å². The van der Waals surface area contributed by atoms with Gasteiger partial charge >= 0.3 is 0 Å². The van der Waals surface area contributed by atoms with Gasteiger partial charge < -0.3 is 5.32 Å². The third-order valence-electron chi connectivity index (χ3n) is 3.42. The van der Waals surface area contributed by atoms with E-state index in [2.05, 4.69) is 48.1 Å². The first-order valence-corrected chi connectivity index (χ1v) is 6.41. The van der Waals surface area contributed by atoms with Crippen molar-refractivity contribution in [2.24, 2.45) is 5.41 Å². The zero-order chi connectivity index (χ0) is 12.3. The molecule has 3 nitrogen and oxygen atoms in total. The maximum absolute atomic E-state index is 4.40. The van der Waals surface area contributed by atoms with Crippen molar-refractivity contribution >= 4 is 0 Å². The Hall–Kier alpha value is -0.930. The lowest BCUT2D eigenvalue weighted by atomic mass is 9.85. The lowest BCUT2D eigenvalue weighted by molar-refractivity contribution is 0.128. The summed E-state index contributed by atoms with van der Waals surface area (Å²) in [6.07, 6.45) is 1.87. The summed E-state index contributed by atoms with van der Waals surface area (Å²) in [6.45, 7) is 11.2. The van der Waals surface area contributed by atoms with Crippen molar-refractivity contribution in [1.29, 1.82) is 0 Å². The summed E-state index contributed by atoms with van der Waals surface area (Å²) in [4.78, 5) is 6.89. The molecule has 0 saturated carbocycles. The second-order valence-corrected chi connectivity index (χ2v) is 5.93. The Morgan fingerprint density at radius 1 is 1.41 bits per heavy atom. The van der Waals surface area contributed by atoms with Crippen molar-refractivity contribution in [2.75, 3.05) is 19.6 Å². The number of piperazine rings is 1. The fourth-order valence-electron chi connectivity index (χ4n) is 2.26. The molecule has 0 spiro atoms. The van der Waals surface area contributed by atoms with Crippen LogP contribution in [0.4, 0.5) is 0 Å².